The van der Waals surface area contributed by atoms with Crippen LogP contribution in [0.5, 0.6) is 0 Å². The van der Waals surface area contributed by atoms with Gasteiger partial charge in [-0.2, -0.15) is 0 Å². The molecule has 0 aromatic carbocycles. The number of carbonyl (C=O) groups excluding carboxylic acids is 2. The molecule has 1 aliphatic rings. The van der Waals surface area contributed by atoms with E-state index in [-0.39, 0.29) is 24.2 Å². The van der Waals surface area contributed by atoms with E-state index in [0.29, 0.717) is 24.1 Å². The van der Waals surface area contributed by atoms with Gasteiger partial charge in [-0.1, -0.05) is 19.9 Å². The Kier molecular flexibility index (Phi) is 4.89. The number of pyridine rings is 1. The summed E-state index contributed by atoms with van der Waals surface area (Å²) in [4.78, 5) is 34.8. The first-order chi connectivity index (χ1) is 11.5. The molecule has 7 heteroatoms. The Morgan fingerprint density at radius 2 is 2.25 bits per heavy atom. The number of hydrogen-bond acceptors (Lipinski definition) is 5. The van der Waals surface area contributed by atoms with Crippen molar-refractivity contribution in [2.75, 3.05) is 18.4 Å². The minimum Gasteiger partial charge on any atom is -0.342 e. The van der Waals surface area contributed by atoms with Crippen LogP contribution in [-0.4, -0.2) is 39.8 Å². The largest absolute Gasteiger partial charge is 0.342 e. The number of anilines is 1. The lowest BCUT2D eigenvalue weighted by molar-refractivity contribution is -0.128. The topological polar surface area (TPSA) is 75.2 Å². The normalized spacial score (nSPS) is 17.5. The van der Waals surface area contributed by atoms with Gasteiger partial charge in [0.2, 0.25) is 11.8 Å². The number of carbonyl (C=O) groups is 2. The molecule has 0 saturated carbocycles. The smallest absolute Gasteiger partial charge is 0.231 e. The monoisotopic (exact) mass is 344 g/mol. The summed E-state index contributed by atoms with van der Waals surface area (Å²) in [6.45, 7) is 5.32. The molecule has 3 rings (SSSR count). The van der Waals surface area contributed by atoms with Crippen LogP contribution < -0.4 is 5.32 Å². The van der Waals surface area contributed by atoms with Gasteiger partial charge in [0.05, 0.1) is 11.6 Å². The number of likely N-dealkylation sites (tertiary alicyclic amines) is 1. The van der Waals surface area contributed by atoms with Crippen molar-refractivity contribution in [2.24, 2.45) is 11.8 Å². The highest BCUT2D eigenvalue weighted by molar-refractivity contribution is 7.14. The molecule has 3 heterocycles. The second-order valence-electron chi connectivity index (χ2n) is 6.34. The molecule has 2 aromatic heterocycles. The molecule has 1 saturated heterocycles. The van der Waals surface area contributed by atoms with Gasteiger partial charge in [0.15, 0.2) is 5.13 Å². The van der Waals surface area contributed by atoms with Gasteiger partial charge in [0.1, 0.15) is 5.69 Å². The van der Waals surface area contributed by atoms with Crippen LogP contribution in [0.1, 0.15) is 20.3 Å². The molecule has 126 valence electrons. The highest BCUT2D eigenvalue weighted by Gasteiger charge is 2.34. The fraction of sp³-hybridized carbons (Fsp3) is 0.412. The molecule has 2 aromatic rings. The van der Waals surface area contributed by atoms with Crippen LogP contribution in [0, 0.1) is 11.8 Å². The van der Waals surface area contributed by atoms with Gasteiger partial charge in [-0.3, -0.25) is 14.6 Å². The molecule has 0 bridgehead atoms. The van der Waals surface area contributed by atoms with Crippen molar-refractivity contribution in [3.8, 4) is 11.4 Å². The number of nitrogens with one attached hydrogen (secondary N) is 1. The maximum Gasteiger partial charge on any atom is 0.231 e. The summed E-state index contributed by atoms with van der Waals surface area (Å²) < 4.78 is 0. The molecule has 0 unspecified atom stereocenters. The van der Waals surface area contributed by atoms with Gasteiger partial charge in [-0.05, 0) is 18.1 Å². The molecule has 0 radical (unpaired) electrons. The number of nitrogens with zero attached hydrogens (tertiary/aromatic N) is 3. The van der Waals surface area contributed by atoms with Crippen LogP contribution in [0.25, 0.3) is 11.4 Å². The van der Waals surface area contributed by atoms with Gasteiger partial charge in [-0.15, -0.1) is 11.3 Å². The lowest BCUT2D eigenvalue weighted by Crippen LogP contribution is -2.31. The number of aromatic nitrogens is 2. The minimum absolute atomic E-state index is 0.0529. The van der Waals surface area contributed by atoms with Crippen LogP contribution >= 0.6 is 11.3 Å². The van der Waals surface area contributed by atoms with Crippen molar-refractivity contribution in [2.45, 2.75) is 20.3 Å². The third-order valence-corrected chi connectivity index (χ3v) is 4.59. The lowest BCUT2D eigenvalue weighted by atomic mass is 10.1. The van der Waals surface area contributed by atoms with E-state index in [0.717, 1.165) is 11.4 Å². The number of hydrogen-bond donors (Lipinski definition) is 1. The second-order valence-corrected chi connectivity index (χ2v) is 7.19. The zero-order valence-electron chi connectivity index (χ0n) is 13.7. The zero-order valence-corrected chi connectivity index (χ0v) is 14.5. The Morgan fingerprint density at radius 1 is 1.42 bits per heavy atom. The summed E-state index contributed by atoms with van der Waals surface area (Å²) in [7, 11) is 0. The van der Waals surface area contributed by atoms with E-state index < -0.39 is 0 Å². The Hall–Kier alpha value is -2.28. The molecule has 0 aliphatic carbocycles. The molecular weight excluding hydrogens is 324 g/mol. The van der Waals surface area contributed by atoms with Gasteiger partial charge in [0, 0.05) is 31.1 Å². The third kappa shape index (κ3) is 3.79. The maximum absolute atomic E-state index is 12.4. The van der Waals surface area contributed by atoms with E-state index in [2.05, 4.69) is 29.1 Å². The van der Waals surface area contributed by atoms with Crippen LogP contribution in [-0.2, 0) is 9.59 Å². The first-order valence-corrected chi connectivity index (χ1v) is 8.86. The molecule has 24 heavy (non-hydrogen) atoms. The fourth-order valence-electron chi connectivity index (χ4n) is 2.74. The number of amides is 2. The van der Waals surface area contributed by atoms with Crippen molar-refractivity contribution < 1.29 is 9.59 Å². The predicted molar refractivity (Wildman–Crippen MR) is 93.5 cm³/mol. The molecule has 2 amide bonds. The minimum atomic E-state index is -0.307. The molecule has 6 nitrogen and oxygen atoms in total. The van der Waals surface area contributed by atoms with E-state index in [1.807, 2.05) is 23.6 Å². The predicted octanol–water partition coefficient (Wildman–Crippen LogP) is 2.65. The molecule has 1 fully saturated rings. The summed E-state index contributed by atoms with van der Waals surface area (Å²) in [6.07, 6.45) is 1.98. The summed E-state index contributed by atoms with van der Waals surface area (Å²) >= 11 is 1.36. The first-order valence-electron chi connectivity index (χ1n) is 7.98. The summed E-state index contributed by atoms with van der Waals surface area (Å²) in [5.74, 6) is 0.00259. The molecule has 1 aliphatic heterocycles. The molecule has 1 N–H and O–H groups in total. The third-order valence-electron chi connectivity index (χ3n) is 3.83. The average molecular weight is 344 g/mol. The SMILES string of the molecule is CC(C)CN1C[C@H](C(=O)Nc2nc(-c3ccccn3)cs2)CC1=O. The Labute approximate surface area is 144 Å². The molecule has 0 spiro atoms. The van der Waals surface area contributed by atoms with Crippen LogP contribution in [0.4, 0.5) is 5.13 Å². The van der Waals surface area contributed by atoms with Crippen LogP contribution in [0.2, 0.25) is 0 Å². The standard InChI is InChI=1S/C17H20N4O2S/c1-11(2)8-21-9-12(7-15(21)22)16(23)20-17-19-14(10-24-17)13-5-3-4-6-18-13/h3-6,10-12H,7-9H2,1-2H3,(H,19,20,23)/t12-/m1/s1. The van der Waals surface area contributed by atoms with Crippen molar-refractivity contribution in [3.05, 3.63) is 29.8 Å². The van der Waals surface area contributed by atoms with Gasteiger partial charge in [0.25, 0.3) is 0 Å². The Balaban J connectivity index is 1.62. The summed E-state index contributed by atoms with van der Waals surface area (Å²) in [5, 5.41) is 5.23. The molecule has 1 atom stereocenters. The molecular formula is C17H20N4O2S. The van der Waals surface area contributed by atoms with Crippen molar-refractivity contribution >= 4 is 28.3 Å². The van der Waals surface area contributed by atoms with E-state index in [1.54, 1.807) is 11.1 Å². The number of rotatable bonds is 5. The van der Waals surface area contributed by atoms with Gasteiger partial charge >= 0.3 is 0 Å². The Bertz CT molecular complexity index is 729. The maximum atomic E-state index is 12.4. The zero-order chi connectivity index (χ0) is 17.1. The summed E-state index contributed by atoms with van der Waals surface area (Å²) in [6, 6.07) is 5.62. The quantitative estimate of drug-likeness (QED) is 0.905. The van der Waals surface area contributed by atoms with Crippen molar-refractivity contribution in [3.63, 3.8) is 0 Å². The highest BCUT2D eigenvalue weighted by Crippen LogP contribution is 2.25. The van der Waals surface area contributed by atoms with E-state index in [1.165, 1.54) is 11.3 Å². The van der Waals surface area contributed by atoms with E-state index >= 15 is 0 Å². The Morgan fingerprint density at radius 3 is 2.96 bits per heavy atom. The van der Waals surface area contributed by atoms with Gasteiger partial charge in [-0.25, -0.2) is 4.98 Å². The van der Waals surface area contributed by atoms with E-state index in [4.69, 9.17) is 0 Å². The highest BCUT2D eigenvalue weighted by atomic mass is 32.1. The number of thiazole rings is 1. The second kappa shape index (κ2) is 7.09. The first kappa shape index (κ1) is 16.6. The average Bonchev–Trinajstić information content (AvgIpc) is 3.15. The van der Waals surface area contributed by atoms with Crippen LogP contribution in [0.15, 0.2) is 29.8 Å². The fourth-order valence-corrected chi connectivity index (χ4v) is 3.44. The van der Waals surface area contributed by atoms with Crippen molar-refractivity contribution in [1.82, 2.24) is 14.9 Å². The van der Waals surface area contributed by atoms with Crippen LogP contribution in [0.3, 0.4) is 0 Å². The summed E-state index contributed by atoms with van der Waals surface area (Å²) in [5.41, 5.74) is 1.51. The van der Waals surface area contributed by atoms with E-state index in [9.17, 15) is 9.59 Å². The lowest BCUT2D eigenvalue weighted by Gasteiger charge is -2.18. The van der Waals surface area contributed by atoms with Gasteiger partial charge < -0.3 is 10.2 Å². The van der Waals surface area contributed by atoms with Crippen molar-refractivity contribution in [1.29, 1.82) is 0 Å².